The zero-order chi connectivity index (χ0) is 11.4. The Balaban J connectivity index is 2.95. The molecule has 0 aliphatic rings. The summed E-state index contributed by atoms with van der Waals surface area (Å²) < 4.78 is 0.263. The van der Waals surface area contributed by atoms with E-state index in [1.807, 2.05) is 0 Å². The summed E-state index contributed by atoms with van der Waals surface area (Å²) >= 11 is 3.05. The predicted molar refractivity (Wildman–Crippen MR) is 59.8 cm³/mol. The number of halogens is 1. The van der Waals surface area contributed by atoms with Gasteiger partial charge < -0.3 is 16.0 Å². The van der Waals surface area contributed by atoms with Crippen molar-refractivity contribution in [3.8, 4) is 0 Å². The fourth-order valence-corrected chi connectivity index (χ4v) is 1.24. The lowest BCUT2D eigenvalue weighted by atomic mass is 10.4. The first-order chi connectivity index (χ1) is 7.04. The number of nitrogens with zero attached hydrogens (tertiary/aromatic N) is 1. The molecule has 0 saturated heterocycles. The SMILES string of the molecule is CN=C(N)NCc1[nH]c(=O)[nH]c(=O)c1Br. The Morgan fingerprint density at radius 1 is 1.53 bits per heavy atom. The molecule has 0 fully saturated rings. The van der Waals surface area contributed by atoms with E-state index in [1.165, 1.54) is 7.05 Å². The summed E-state index contributed by atoms with van der Waals surface area (Å²) in [7, 11) is 1.53. The lowest BCUT2D eigenvalue weighted by Crippen LogP contribution is -2.33. The molecule has 0 saturated carbocycles. The first-order valence-electron chi connectivity index (χ1n) is 4.01. The Labute approximate surface area is 92.9 Å². The Hall–Kier alpha value is -1.57. The monoisotopic (exact) mass is 275 g/mol. The summed E-state index contributed by atoms with van der Waals surface area (Å²) in [6.45, 7) is 0.211. The number of aliphatic imine (C=N–C) groups is 1. The Morgan fingerprint density at radius 3 is 2.80 bits per heavy atom. The highest BCUT2D eigenvalue weighted by molar-refractivity contribution is 9.10. The van der Waals surface area contributed by atoms with Crippen LogP contribution in [0.2, 0.25) is 0 Å². The molecule has 1 aromatic rings. The van der Waals surface area contributed by atoms with E-state index < -0.39 is 11.2 Å². The van der Waals surface area contributed by atoms with Gasteiger partial charge in [-0.2, -0.15) is 0 Å². The summed E-state index contributed by atoms with van der Waals surface area (Å²) in [5.41, 5.74) is 4.76. The molecule has 5 N–H and O–H groups in total. The highest BCUT2D eigenvalue weighted by atomic mass is 79.9. The number of aromatic amines is 2. The highest BCUT2D eigenvalue weighted by Crippen LogP contribution is 2.05. The van der Waals surface area contributed by atoms with Gasteiger partial charge in [0.25, 0.3) is 5.56 Å². The number of hydrogen-bond acceptors (Lipinski definition) is 3. The summed E-state index contributed by atoms with van der Waals surface area (Å²) in [6.07, 6.45) is 0. The number of H-pyrrole nitrogens is 2. The maximum atomic E-state index is 11.2. The largest absolute Gasteiger partial charge is 0.370 e. The second-order valence-corrected chi connectivity index (χ2v) is 3.46. The first-order valence-corrected chi connectivity index (χ1v) is 4.81. The van der Waals surface area contributed by atoms with Gasteiger partial charge in [0.1, 0.15) is 4.47 Å². The van der Waals surface area contributed by atoms with E-state index in [2.05, 4.69) is 36.2 Å². The average molecular weight is 276 g/mol. The number of rotatable bonds is 2. The van der Waals surface area contributed by atoms with Crippen LogP contribution in [0.25, 0.3) is 0 Å². The molecule has 0 unspecified atom stereocenters. The molecule has 1 rings (SSSR count). The summed E-state index contributed by atoms with van der Waals surface area (Å²) in [4.78, 5) is 30.3. The van der Waals surface area contributed by atoms with Gasteiger partial charge in [0.2, 0.25) is 0 Å². The Bertz CT molecular complexity index is 489. The molecule has 0 radical (unpaired) electrons. The molecule has 82 valence electrons. The van der Waals surface area contributed by atoms with Gasteiger partial charge in [0.15, 0.2) is 5.96 Å². The van der Waals surface area contributed by atoms with Crippen molar-refractivity contribution in [3.05, 3.63) is 31.0 Å². The molecular weight excluding hydrogens is 266 g/mol. The number of nitrogens with two attached hydrogens (primary N) is 1. The van der Waals surface area contributed by atoms with Crippen LogP contribution in [0.5, 0.6) is 0 Å². The van der Waals surface area contributed by atoms with Crippen LogP contribution in [0.4, 0.5) is 0 Å². The van der Waals surface area contributed by atoms with E-state index in [9.17, 15) is 9.59 Å². The minimum atomic E-state index is -0.563. The molecule has 0 amide bonds. The van der Waals surface area contributed by atoms with Gasteiger partial charge in [-0.05, 0) is 15.9 Å². The van der Waals surface area contributed by atoms with E-state index in [4.69, 9.17) is 5.73 Å². The van der Waals surface area contributed by atoms with E-state index in [0.29, 0.717) is 5.69 Å². The number of hydrogen-bond donors (Lipinski definition) is 4. The number of guanidine groups is 1. The molecule has 0 atom stereocenters. The van der Waals surface area contributed by atoms with Crippen molar-refractivity contribution in [1.29, 1.82) is 0 Å². The molecule has 8 heteroatoms. The van der Waals surface area contributed by atoms with Crippen molar-refractivity contribution in [2.45, 2.75) is 6.54 Å². The van der Waals surface area contributed by atoms with Crippen molar-refractivity contribution >= 4 is 21.9 Å². The van der Waals surface area contributed by atoms with Crippen molar-refractivity contribution in [3.63, 3.8) is 0 Å². The van der Waals surface area contributed by atoms with E-state index in [-0.39, 0.29) is 17.0 Å². The van der Waals surface area contributed by atoms with Gasteiger partial charge in [-0.15, -0.1) is 0 Å². The highest BCUT2D eigenvalue weighted by Gasteiger charge is 2.05. The fourth-order valence-electron chi connectivity index (χ4n) is 0.898. The molecule has 7 nitrogen and oxygen atoms in total. The second kappa shape index (κ2) is 4.78. The lowest BCUT2D eigenvalue weighted by molar-refractivity contribution is 0.825. The zero-order valence-corrected chi connectivity index (χ0v) is 9.51. The smallest absolute Gasteiger partial charge is 0.326 e. The third-order valence-corrected chi connectivity index (χ3v) is 2.48. The normalized spacial score (nSPS) is 11.5. The van der Waals surface area contributed by atoms with E-state index >= 15 is 0 Å². The van der Waals surface area contributed by atoms with Crippen LogP contribution in [0.1, 0.15) is 5.69 Å². The molecule has 1 aromatic heterocycles. The Kier molecular flexibility index (Phi) is 3.67. The molecule has 0 aliphatic carbocycles. The first kappa shape index (κ1) is 11.5. The molecule has 15 heavy (non-hydrogen) atoms. The van der Waals surface area contributed by atoms with Crippen LogP contribution < -0.4 is 22.3 Å². The van der Waals surface area contributed by atoms with Gasteiger partial charge in [0, 0.05) is 7.05 Å². The standard InChI is InChI=1S/C7H10BrN5O2/c1-10-6(9)11-2-3-4(8)5(14)13-7(15)12-3/h2H2,1H3,(H3,9,10,11)(H2,12,13,14,15). The third kappa shape index (κ3) is 2.94. The summed E-state index contributed by atoms with van der Waals surface area (Å²) in [5.74, 6) is 0.225. The molecule has 0 aromatic carbocycles. The molecular formula is C7H10BrN5O2. The van der Waals surface area contributed by atoms with Gasteiger partial charge >= 0.3 is 5.69 Å². The van der Waals surface area contributed by atoms with Crippen LogP contribution in [0, 0.1) is 0 Å². The van der Waals surface area contributed by atoms with Crippen LogP contribution >= 0.6 is 15.9 Å². The molecule has 0 aliphatic heterocycles. The average Bonchev–Trinajstić information content (AvgIpc) is 2.20. The minimum Gasteiger partial charge on any atom is -0.370 e. The quantitative estimate of drug-likeness (QED) is 0.403. The van der Waals surface area contributed by atoms with Crippen LogP contribution in [0.3, 0.4) is 0 Å². The molecule has 1 heterocycles. The minimum absolute atomic E-state index is 0.211. The van der Waals surface area contributed by atoms with Crippen molar-refractivity contribution in [2.75, 3.05) is 7.05 Å². The van der Waals surface area contributed by atoms with Gasteiger partial charge in [-0.25, -0.2) is 4.79 Å². The number of aromatic nitrogens is 2. The van der Waals surface area contributed by atoms with E-state index in [1.54, 1.807) is 0 Å². The predicted octanol–water partition coefficient (Wildman–Crippen LogP) is -1.14. The van der Waals surface area contributed by atoms with Gasteiger partial charge in [0.05, 0.1) is 12.2 Å². The molecule has 0 bridgehead atoms. The zero-order valence-electron chi connectivity index (χ0n) is 7.93. The maximum Gasteiger partial charge on any atom is 0.326 e. The summed E-state index contributed by atoms with van der Waals surface area (Å²) in [6, 6.07) is 0. The van der Waals surface area contributed by atoms with Crippen LogP contribution in [-0.2, 0) is 6.54 Å². The van der Waals surface area contributed by atoms with Crippen LogP contribution in [0.15, 0.2) is 19.1 Å². The van der Waals surface area contributed by atoms with Crippen molar-refractivity contribution in [1.82, 2.24) is 15.3 Å². The van der Waals surface area contributed by atoms with E-state index in [0.717, 1.165) is 0 Å². The number of nitrogens with one attached hydrogen (secondary N) is 3. The second-order valence-electron chi connectivity index (χ2n) is 2.66. The maximum absolute atomic E-state index is 11.2. The Morgan fingerprint density at radius 2 is 2.20 bits per heavy atom. The third-order valence-electron chi connectivity index (χ3n) is 1.64. The van der Waals surface area contributed by atoms with Crippen molar-refractivity contribution < 1.29 is 0 Å². The van der Waals surface area contributed by atoms with Gasteiger partial charge in [-0.1, -0.05) is 0 Å². The summed E-state index contributed by atoms with van der Waals surface area (Å²) in [5, 5.41) is 2.72. The van der Waals surface area contributed by atoms with Crippen LogP contribution in [-0.4, -0.2) is 23.0 Å². The van der Waals surface area contributed by atoms with Gasteiger partial charge in [-0.3, -0.25) is 14.8 Å². The van der Waals surface area contributed by atoms with Crippen molar-refractivity contribution in [2.24, 2.45) is 10.7 Å². The molecule has 0 spiro atoms. The lowest BCUT2D eigenvalue weighted by Gasteiger charge is -2.05. The fraction of sp³-hybridized carbons (Fsp3) is 0.286. The topological polar surface area (TPSA) is 116 Å².